The number of nitrogens with one attached hydrogen (secondary N) is 1. The Kier molecular flexibility index (Phi) is 8.32. The second-order valence-electron chi connectivity index (χ2n) is 8.81. The molecule has 1 saturated heterocycles. The molecule has 0 unspecified atom stereocenters. The van der Waals surface area contributed by atoms with Gasteiger partial charge in [-0.15, -0.1) is 11.3 Å². The number of halogens is 3. The zero-order valence-electron chi connectivity index (χ0n) is 18.0. The topological polar surface area (TPSA) is 41.6 Å². The van der Waals surface area contributed by atoms with Crippen molar-refractivity contribution in [1.82, 2.24) is 10.2 Å². The van der Waals surface area contributed by atoms with E-state index in [1.807, 2.05) is 17.5 Å². The van der Waals surface area contributed by atoms with Crippen LogP contribution >= 0.6 is 34.5 Å². The molecule has 1 aromatic heterocycles. The summed E-state index contributed by atoms with van der Waals surface area (Å²) in [5.74, 6) is 0.727. The zero-order valence-corrected chi connectivity index (χ0v) is 20.3. The van der Waals surface area contributed by atoms with Crippen molar-refractivity contribution < 1.29 is 13.9 Å². The van der Waals surface area contributed by atoms with E-state index in [0.717, 1.165) is 56.1 Å². The number of piperidine rings is 1. The van der Waals surface area contributed by atoms with Crippen LogP contribution in [0.15, 0.2) is 29.6 Å². The van der Waals surface area contributed by atoms with Gasteiger partial charge in [0.2, 0.25) is 0 Å². The fourth-order valence-electron chi connectivity index (χ4n) is 4.68. The third-order valence-corrected chi connectivity index (χ3v) is 7.99. The molecule has 8 heteroatoms. The summed E-state index contributed by atoms with van der Waals surface area (Å²) in [6.45, 7) is 3.06. The Labute approximate surface area is 203 Å². The van der Waals surface area contributed by atoms with Crippen LogP contribution < -0.4 is 10.1 Å². The lowest BCUT2D eigenvalue weighted by Crippen LogP contribution is -2.40. The molecule has 2 fully saturated rings. The van der Waals surface area contributed by atoms with E-state index in [1.54, 1.807) is 0 Å². The molecular weight excluding hydrogens is 470 g/mol. The van der Waals surface area contributed by atoms with Gasteiger partial charge in [-0.2, -0.15) is 0 Å². The first kappa shape index (κ1) is 23.8. The molecular formula is C24H29Cl2FN2O2S. The highest BCUT2D eigenvalue weighted by Crippen LogP contribution is 2.36. The van der Waals surface area contributed by atoms with Crippen LogP contribution in [0.5, 0.6) is 5.75 Å². The van der Waals surface area contributed by atoms with E-state index in [-0.39, 0.29) is 22.1 Å². The average Bonchev–Trinajstić information content (AvgIpc) is 3.32. The largest absolute Gasteiger partial charge is 0.487 e. The fourth-order valence-corrected chi connectivity index (χ4v) is 5.86. The molecule has 1 aromatic carbocycles. The Morgan fingerprint density at radius 3 is 2.44 bits per heavy atom. The predicted molar refractivity (Wildman–Crippen MR) is 129 cm³/mol. The zero-order chi connectivity index (χ0) is 22.5. The molecule has 32 heavy (non-hydrogen) atoms. The molecule has 1 aliphatic heterocycles. The minimum absolute atomic E-state index is 0.0501. The maximum atomic E-state index is 13.4. The summed E-state index contributed by atoms with van der Waals surface area (Å²) in [4.78, 5) is 15.5. The normalized spacial score (nSPS) is 22.6. The molecule has 4 nitrogen and oxygen atoms in total. The van der Waals surface area contributed by atoms with Gasteiger partial charge in [-0.3, -0.25) is 4.79 Å². The number of benzene rings is 1. The lowest BCUT2D eigenvalue weighted by Gasteiger charge is -2.34. The van der Waals surface area contributed by atoms with Gasteiger partial charge in [-0.05, 0) is 81.0 Å². The highest BCUT2D eigenvalue weighted by molar-refractivity contribution is 7.12. The maximum absolute atomic E-state index is 13.4. The Morgan fingerprint density at radius 2 is 1.81 bits per heavy atom. The van der Waals surface area contributed by atoms with Crippen molar-refractivity contribution in [2.24, 2.45) is 5.92 Å². The fraction of sp³-hybridized carbons (Fsp3) is 0.542. The predicted octanol–water partition coefficient (Wildman–Crippen LogP) is 6.42. The highest BCUT2D eigenvalue weighted by atomic mass is 35.5. The third-order valence-electron chi connectivity index (χ3n) is 6.56. The van der Waals surface area contributed by atoms with Crippen LogP contribution in [0.1, 0.15) is 54.6 Å². The standard InChI is InChI=1S/C24H29Cl2FN2O2S/c25-20-14-17(27)15-21(26)23(20)31-19-8-11-29(12-9-19)10-7-16-3-5-18(6-4-16)28-24(30)22-2-1-13-32-22/h1-2,13-16,18-19H,3-12H2,(H,28,30). The number of nitrogens with zero attached hydrogens (tertiary/aromatic N) is 1. The third kappa shape index (κ3) is 6.37. The van der Waals surface area contributed by atoms with Crippen molar-refractivity contribution in [1.29, 1.82) is 0 Å². The van der Waals surface area contributed by atoms with Gasteiger partial charge < -0.3 is 15.0 Å². The first-order chi connectivity index (χ1) is 15.5. The van der Waals surface area contributed by atoms with Gasteiger partial charge in [-0.25, -0.2) is 4.39 Å². The lowest BCUT2D eigenvalue weighted by molar-refractivity contribution is 0.0901. The van der Waals surface area contributed by atoms with Crippen molar-refractivity contribution in [2.45, 2.75) is 57.1 Å². The van der Waals surface area contributed by atoms with Gasteiger partial charge in [0.05, 0.1) is 14.9 Å². The molecule has 2 aromatic rings. The number of hydrogen-bond acceptors (Lipinski definition) is 4. The van der Waals surface area contributed by atoms with Crippen LogP contribution in [0, 0.1) is 11.7 Å². The Balaban J connectivity index is 1.14. The number of carbonyl (C=O) groups is 1. The van der Waals surface area contributed by atoms with Gasteiger partial charge in [-0.1, -0.05) is 29.3 Å². The van der Waals surface area contributed by atoms with Crippen LogP contribution in [0.4, 0.5) is 4.39 Å². The van der Waals surface area contributed by atoms with Gasteiger partial charge >= 0.3 is 0 Å². The average molecular weight is 499 g/mol. The van der Waals surface area contributed by atoms with Gasteiger partial charge in [0.25, 0.3) is 5.91 Å². The maximum Gasteiger partial charge on any atom is 0.261 e. The summed E-state index contributed by atoms with van der Waals surface area (Å²) >= 11 is 13.7. The minimum atomic E-state index is -0.457. The number of likely N-dealkylation sites (tertiary alicyclic amines) is 1. The van der Waals surface area contributed by atoms with Crippen molar-refractivity contribution in [2.75, 3.05) is 19.6 Å². The molecule has 0 spiro atoms. The molecule has 1 aliphatic carbocycles. The van der Waals surface area contributed by atoms with Gasteiger partial charge in [0, 0.05) is 19.1 Å². The Bertz CT molecular complexity index is 872. The van der Waals surface area contributed by atoms with Crippen LogP contribution in [0.3, 0.4) is 0 Å². The molecule has 174 valence electrons. The summed E-state index contributed by atoms with van der Waals surface area (Å²) in [6.07, 6.45) is 7.55. The van der Waals surface area contributed by atoms with Crippen molar-refractivity contribution in [3.63, 3.8) is 0 Å². The molecule has 2 aliphatic rings. The van der Waals surface area contributed by atoms with E-state index in [4.69, 9.17) is 27.9 Å². The van der Waals surface area contributed by atoms with Crippen LogP contribution in [0.2, 0.25) is 10.0 Å². The molecule has 1 amide bonds. The number of ether oxygens (including phenoxy) is 1. The van der Waals surface area contributed by atoms with E-state index in [2.05, 4.69) is 10.2 Å². The first-order valence-electron chi connectivity index (χ1n) is 11.4. The van der Waals surface area contributed by atoms with Gasteiger partial charge in [0.15, 0.2) is 5.75 Å². The number of amides is 1. The van der Waals surface area contributed by atoms with E-state index in [9.17, 15) is 9.18 Å². The number of carbonyl (C=O) groups excluding carboxylic acids is 1. The summed E-state index contributed by atoms with van der Waals surface area (Å²) in [5, 5.41) is 5.57. The minimum Gasteiger partial charge on any atom is -0.487 e. The van der Waals surface area contributed by atoms with E-state index >= 15 is 0 Å². The molecule has 0 radical (unpaired) electrons. The van der Waals surface area contributed by atoms with E-state index < -0.39 is 5.82 Å². The second kappa shape index (κ2) is 11.2. The smallest absolute Gasteiger partial charge is 0.261 e. The van der Waals surface area contributed by atoms with Gasteiger partial charge in [0.1, 0.15) is 11.9 Å². The highest BCUT2D eigenvalue weighted by Gasteiger charge is 2.26. The van der Waals surface area contributed by atoms with E-state index in [0.29, 0.717) is 11.8 Å². The van der Waals surface area contributed by atoms with Crippen LogP contribution in [-0.2, 0) is 0 Å². The first-order valence-corrected chi connectivity index (χ1v) is 13.0. The molecule has 4 rings (SSSR count). The van der Waals surface area contributed by atoms with Crippen molar-refractivity contribution in [3.05, 3.63) is 50.4 Å². The SMILES string of the molecule is O=C(NC1CCC(CCN2CCC(Oc3c(Cl)cc(F)cc3Cl)CC2)CC1)c1cccs1. The summed E-state index contributed by atoms with van der Waals surface area (Å²) in [7, 11) is 0. The number of thiophene rings is 1. The van der Waals surface area contributed by atoms with Crippen molar-refractivity contribution >= 4 is 40.4 Å². The monoisotopic (exact) mass is 498 g/mol. The quantitative estimate of drug-likeness (QED) is 0.478. The van der Waals surface area contributed by atoms with E-state index in [1.165, 1.54) is 42.7 Å². The van der Waals surface area contributed by atoms with Crippen LogP contribution in [0.25, 0.3) is 0 Å². The molecule has 1 N–H and O–H groups in total. The van der Waals surface area contributed by atoms with Crippen molar-refractivity contribution in [3.8, 4) is 5.75 Å². The summed E-state index contributed by atoms with van der Waals surface area (Å²) in [6, 6.07) is 6.57. The Hall–Kier alpha value is -1.34. The molecule has 2 heterocycles. The van der Waals surface area contributed by atoms with Crippen LogP contribution in [-0.4, -0.2) is 42.6 Å². The summed E-state index contributed by atoms with van der Waals surface area (Å²) < 4.78 is 19.4. The Morgan fingerprint density at radius 1 is 1.12 bits per heavy atom. The number of hydrogen-bond donors (Lipinski definition) is 1. The molecule has 0 bridgehead atoms. The number of rotatable bonds is 7. The second-order valence-corrected chi connectivity index (χ2v) is 10.6. The lowest BCUT2D eigenvalue weighted by atomic mass is 9.84. The summed E-state index contributed by atoms with van der Waals surface area (Å²) in [5.41, 5.74) is 0. The molecule has 0 atom stereocenters. The molecule has 1 saturated carbocycles.